The zero-order chi connectivity index (χ0) is 10.4. The van der Waals surface area contributed by atoms with Gasteiger partial charge in [0.15, 0.2) is 0 Å². The summed E-state index contributed by atoms with van der Waals surface area (Å²) in [6.45, 7) is 8.40. The van der Waals surface area contributed by atoms with Crippen LogP contribution in [0.4, 0.5) is 0 Å². The van der Waals surface area contributed by atoms with Gasteiger partial charge in [-0.3, -0.25) is 0 Å². The van der Waals surface area contributed by atoms with Gasteiger partial charge in [-0.25, -0.2) is 0 Å². The average molecular weight is 189 g/mol. The van der Waals surface area contributed by atoms with Crippen molar-refractivity contribution in [3.05, 3.63) is 49.0 Å². The lowest BCUT2D eigenvalue weighted by molar-refractivity contribution is 0.579. The molecule has 1 aliphatic rings. The number of nitrogens with zero attached hydrogens (tertiary/aromatic N) is 1. The molecule has 1 aliphatic heterocycles. The fourth-order valence-corrected chi connectivity index (χ4v) is 1.41. The molecule has 0 radical (unpaired) electrons. The van der Waals surface area contributed by atoms with Crippen LogP contribution in [-0.2, 0) is 0 Å². The Morgan fingerprint density at radius 3 is 2.64 bits per heavy atom. The van der Waals surface area contributed by atoms with Gasteiger partial charge in [-0.15, -0.1) is 0 Å². The molecule has 0 unspecified atom stereocenters. The summed E-state index contributed by atoms with van der Waals surface area (Å²) in [5.41, 5.74) is 1.02. The van der Waals surface area contributed by atoms with Gasteiger partial charge in [0.1, 0.15) is 0 Å². The van der Waals surface area contributed by atoms with E-state index in [1.165, 1.54) is 12.8 Å². The molecule has 1 heteroatoms. The van der Waals surface area contributed by atoms with Crippen molar-refractivity contribution in [1.29, 1.82) is 0 Å². The van der Waals surface area contributed by atoms with E-state index in [1.54, 1.807) is 0 Å². The van der Waals surface area contributed by atoms with Crippen LogP contribution < -0.4 is 0 Å². The summed E-state index contributed by atoms with van der Waals surface area (Å²) in [5, 5.41) is 0. The molecule has 1 nitrogen and oxygen atoms in total. The molecule has 76 valence electrons. The van der Waals surface area contributed by atoms with Gasteiger partial charge >= 0.3 is 0 Å². The second-order valence-corrected chi connectivity index (χ2v) is 3.52. The van der Waals surface area contributed by atoms with Gasteiger partial charge in [0, 0.05) is 18.1 Å². The van der Waals surface area contributed by atoms with Crippen molar-refractivity contribution in [2.75, 3.05) is 0 Å². The van der Waals surface area contributed by atoms with Crippen molar-refractivity contribution in [1.82, 2.24) is 4.90 Å². The van der Waals surface area contributed by atoms with Gasteiger partial charge in [-0.05, 0) is 30.9 Å². The van der Waals surface area contributed by atoms with Crippen LogP contribution in [-0.4, -0.2) is 4.90 Å². The summed E-state index contributed by atoms with van der Waals surface area (Å²) >= 11 is 0. The summed E-state index contributed by atoms with van der Waals surface area (Å²) in [4.78, 5) is 2.05. The molecule has 0 aliphatic carbocycles. The lowest BCUT2D eigenvalue weighted by Crippen LogP contribution is -2.08. The second-order valence-electron chi connectivity index (χ2n) is 3.52. The quantitative estimate of drug-likeness (QED) is 0.649. The molecule has 0 saturated carbocycles. The molecule has 0 aromatic carbocycles. The summed E-state index contributed by atoms with van der Waals surface area (Å²) < 4.78 is 0. The molecule has 0 bridgehead atoms. The van der Waals surface area contributed by atoms with Gasteiger partial charge in [0.2, 0.25) is 0 Å². The Labute approximate surface area is 87.1 Å². The minimum atomic E-state index is 0.683. The summed E-state index contributed by atoms with van der Waals surface area (Å²) in [7, 11) is 0. The first-order chi connectivity index (χ1) is 6.77. The Kier molecular flexibility index (Phi) is 4.24. The minimum absolute atomic E-state index is 0.683. The molecular weight excluding hydrogens is 170 g/mol. The zero-order valence-corrected chi connectivity index (χ0v) is 9.11. The van der Waals surface area contributed by atoms with Crippen molar-refractivity contribution in [3.8, 4) is 0 Å². The van der Waals surface area contributed by atoms with E-state index in [9.17, 15) is 0 Å². The Balaban J connectivity index is 2.55. The van der Waals surface area contributed by atoms with E-state index < -0.39 is 0 Å². The van der Waals surface area contributed by atoms with Crippen LogP contribution in [0.5, 0.6) is 0 Å². The highest BCUT2D eigenvalue weighted by Gasteiger charge is 2.01. The Morgan fingerprint density at radius 1 is 1.36 bits per heavy atom. The topological polar surface area (TPSA) is 3.24 Å². The molecule has 14 heavy (non-hydrogen) atoms. The number of hydrogen-bond acceptors (Lipinski definition) is 1. The van der Waals surface area contributed by atoms with Crippen LogP contribution in [0, 0.1) is 5.92 Å². The van der Waals surface area contributed by atoms with Crippen molar-refractivity contribution in [2.24, 2.45) is 5.92 Å². The predicted molar refractivity (Wildman–Crippen MR) is 62.5 cm³/mol. The first-order valence-corrected chi connectivity index (χ1v) is 5.28. The third-order valence-electron chi connectivity index (χ3n) is 2.55. The number of hydrogen-bond donors (Lipinski definition) is 0. The van der Waals surface area contributed by atoms with E-state index in [0.29, 0.717) is 5.92 Å². The predicted octanol–water partition coefficient (Wildman–Crippen LogP) is 3.84. The first-order valence-electron chi connectivity index (χ1n) is 5.28. The van der Waals surface area contributed by atoms with Crippen molar-refractivity contribution >= 4 is 0 Å². The van der Waals surface area contributed by atoms with Crippen molar-refractivity contribution in [3.63, 3.8) is 0 Å². The van der Waals surface area contributed by atoms with E-state index in [0.717, 1.165) is 5.70 Å². The molecule has 0 saturated heterocycles. The Hall–Kier alpha value is -1.24. The van der Waals surface area contributed by atoms with Crippen LogP contribution in [0.15, 0.2) is 49.0 Å². The van der Waals surface area contributed by atoms with Crippen LogP contribution in [0.1, 0.15) is 26.7 Å². The lowest BCUT2D eigenvalue weighted by atomic mass is 10.0. The molecule has 1 rings (SSSR count). The smallest absolute Gasteiger partial charge is 0.0377 e. The summed E-state index contributed by atoms with van der Waals surface area (Å²) in [6.07, 6.45) is 14.8. The van der Waals surface area contributed by atoms with Crippen LogP contribution in [0.3, 0.4) is 0 Å². The van der Waals surface area contributed by atoms with Crippen LogP contribution in [0.2, 0.25) is 0 Å². The van der Waals surface area contributed by atoms with Gasteiger partial charge in [0.05, 0.1) is 0 Å². The average Bonchev–Trinajstić information content (AvgIpc) is 2.22. The van der Waals surface area contributed by atoms with Gasteiger partial charge in [0.25, 0.3) is 0 Å². The van der Waals surface area contributed by atoms with Crippen molar-refractivity contribution < 1.29 is 0 Å². The molecular formula is C13H19N. The molecule has 0 spiro atoms. The fraction of sp³-hybridized carbons (Fsp3) is 0.385. The van der Waals surface area contributed by atoms with Gasteiger partial charge in [-0.1, -0.05) is 32.6 Å². The highest BCUT2D eigenvalue weighted by Crippen LogP contribution is 2.14. The monoisotopic (exact) mass is 189 g/mol. The van der Waals surface area contributed by atoms with Crippen molar-refractivity contribution in [2.45, 2.75) is 26.7 Å². The normalized spacial score (nSPS) is 16.2. The summed E-state index contributed by atoms with van der Waals surface area (Å²) in [5.74, 6) is 0.683. The van der Waals surface area contributed by atoms with Gasteiger partial charge in [-0.2, -0.15) is 0 Å². The third kappa shape index (κ3) is 2.91. The molecule has 0 fully saturated rings. The third-order valence-corrected chi connectivity index (χ3v) is 2.55. The summed E-state index contributed by atoms with van der Waals surface area (Å²) in [6, 6.07) is 0. The fourth-order valence-electron chi connectivity index (χ4n) is 1.41. The molecule has 0 aromatic rings. The molecule has 1 heterocycles. The van der Waals surface area contributed by atoms with Crippen LogP contribution in [0.25, 0.3) is 0 Å². The number of rotatable bonds is 4. The van der Waals surface area contributed by atoms with E-state index in [1.807, 2.05) is 24.4 Å². The maximum absolute atomic E-state index is 3.96. The van der Waals surface area contributed by atoms with E-state index in [4.69, 9.17) is 0 Å². The van der Waals surface area contributed by atoms with E-state index >= 15 is 0 Å². The Morgan fingerprint density at radius 2 is 2.07 bits per heavy atom. The zero-order valence-electron chi connectivity index (χ0n) is 9.11. The lowest BCUT2D eigenvalue weighted by Gasteiger charge is -2.18. The highest BCUT2D eigenvalue weighted by atomic mass is 15.1. The minimum Gasteiger partial charge on any atom is -0.325 e. The maximum Gasteiger partial charge on any atom is 0.0377 e. The standard InChI is InChI=1S/C13H19N/c1-4-13(5-2)9-11-14-10-7-6-8-12(14)3/h6-11,13H,3-5H2,1-2H3. The SMILES string of the molecule is C=C1C=CC=CN1C=CC(CC)CC. The highest BCUT2D eigenvalue weighted by molar-refractivity contribution is 5.27. The molecule has 0 N–H and O–H groups in total. The van der Waals surface area contributed by atoms with E-state index in [2.05, 4.69) is 37.6 Å². The maximum atomic E-state index is 3.96. The Bertz CT molecular complexity index is 267. The molecule has 0 amide bonds. The van der Waals surface area contributed by atoms with Crippen LogP contribution >= 0.6 is 0 Å². The second kappa shape index (κ2) is 5.48. The first kappa shape index (κ1) is 10.8. The number of allylic oxidation sites excluding steroid dienone is 4. The van der Waals surface area contributed by atoms with Gasteiger partial charge < -0.3 is 4.90 Å². The van der Waals surface area contributed by atoms with E-state index in [-0.39, 0.29) is 0 Å². The largest absolute Gasteiger partial charge is 0.325 e. The molecule has 0 atom stereocenters. The molecule has 0 aromatic heterocycles.